The lowest BCUT2D eigenvalue weighted by molar-refractivity contribution is 0.809. The minimum Gasteiger partial charge on any atom is -0.324 e. The molecule has 1 unspecified atom stereocenters. The van der Waals surface area contributed by atoms with Crippen molar-refractivity contribution in [2.75, 3.05) is 0 Å². The van der Waals surface area contributed by atoms with Gasteiger partial charge >= 0.3 is 0 Å². The van der Waals surface area contributed by atoms with Crippen LogP contribution in [0, 0.1) is 11.3 Å². The van der Waals surface area contributed by atoms with Gasteiger partial charge in [-0.15, -0.1) is 0 Å². The number of nitriles is 1. The molecule has 0 fully saturated rings. The number of hydrogen-bond donors (Lipinski definition) is 1. The fraction of sp³-hybridized carbons (Fsp3) is 0.182. The normalized spacial score (nSPS) is 12.1. The van der Waals surface area contributed by atoms with Gasteiger partial charge in [-0.25, -0.2) is 9.97 Å². The first-order valence-corrected chi connectivity index (χ1v) is 4.87. The third kappa shape index (κ3) is 1.78. The predicted octanol–water partition coefficient (Wildman–Crippen LogP) is 1.16. The molecule has 1 atom stereocenters. The largest absolute Gasteiger partial charge is 0.324 e. The molecule has 0 radical (unpaired) electrons. The van der Waals surface area contributed by atoms with Crippen molar-refractivity contribution in [3.63, 3.8) is 0 Å². The third-order valence-electron chi connectivity index (χ3n) is 2.28. The Bertz CT molecular complexity index is 535. The van der Waals surface area contributed by atoms with E-state index in [0.717, 1.165) is 5.56 Å². The minimum atomic E-state index is -0.0594. The van der Waals surface area contributed by atoms with Crippen molar-refractivity contribution in [1.82, 2.24) is 14.5 Å². The molecule has 5 nitrogen and oxygen atoms in total. The quantitative estimate of drug-likeness (QED) is 0.811. The van der Waals surface area contributed by atoms with E-state index < -0.39 is 0 Å². The van der Waals surface area contributed by atoms with E-state index in [9.17, 15) is 0 Å². The van der Waals surface area contributed by atoms with E-state index in [1.54, 1.807) is 23.2 Å². The average molecular weight is 213 g/mol. The average Bonchev–Trinajstić information content (AvgIpc) is 2.77. The summed E-state index contributed by atoms with van der Waals surface area (Å²) in [6.45, 7) is 1.90. The van der Waals surface area contributed by atoms with Crippen LogP contribution in [0.2, 0.25) is 0 Å². The van der Waals surface area contributed by atoms with E-state index in [-0.39, 0.29) is 6.04 Å². The third-order valence-corrected chi connectivity index (χ3v) is 2.28. The van der Waals surface area contributed by atoms with Gasteiger partial charge in [-0.3, -0.25) is 4.57 Å². The van der Waals surface area contributed by atoms with Gasteiger partial charge in [-0.1, -0.05) is 0 Å². The standard InChI is InChI=1S/C11H11N5/c1-8(13)9-2-3-14-10(6-9)16-5-4-15-11(16)7-12/h2-6,8H,13H2,1H3. The molecule has 2 N–H and O–H groups in total. The van der Waals surface area contributed by atoms with Crippen LogP contribution in [0.25, 0.3) is 5.82 Å². The summed E-state index contributed by atoms with van der Waals surface area (Å²) in [7, 11) is 0. The fourth-order valence-corrected chi connectivity index (χ4v) is 1.42. The monoisotopic (exact) mass is 213 g/mol. The molecule has 0 aromatic carbocycles. The summed E-state index contributed by atoms with van der Waals surface area (Å²) in [5.74, 6) is 0.971. The molecule has 0 saturated carbocycles. The lowest BCUT2D eigenvalue weighted by Gasteiger charge is -2.08. The van der Waals surface area contributed by atoms with Gasteiger partial charge in [0, 0.05) is 24.6 Å². The van der Waals surface area contributed by atoms with Gasteiger partial charge < -0.3 is 5.73 Å². The van der Waals surface area contributed by atoms with Crippen molar-refractivity contribution in [2.45, 2.75) is 13.0 Å². The second-order valence-electron chi connectivity index (χ2n) is 3.47. The number of hydrogen-bond acceptors (Lipinski definition) is 4. The molecule has 2 aromatic rings. The number of imidazole rings is 1. The van der Waals surface area contributed by atoms with Gasteiger partial charge in [0.05, 0.1) is 0 Å². The molecule has 0 saturated heterocycles. The SMILES string of the molecule is CC(N)c1ccnc(-n2ccnc2C#N)c1. The molecule has 80 valence electrons. The highest BCUT2D eigenvalue weighted by atomic mass is 15.1. The summed E-state index contributed by atoms with van der Waals surface area (Å²) in [6, 6.07) is 5.66. The van der Waals surface area contributed by atoms with Gasteiger partial charge in [0.1, 0.15) is 11.9 Å². The fourth-order valence-electron chi connectivity index (χ4n) is 1.42. The van der Waals surface area contributed by atoms with Gasteiger partial charge in [0.2, 0.25) is 5.82 Å². The smallest absolute Gasteiger partial charge is 0.218 e. The Labute approximate surface area is 93.2 Å². The van der Waals surface area contributed by atoms with Crippen LogP contribution in [0.4, 0.5) is 0 Å². The zero-order valence-corrected chi connectivity index (χ0v) is 8.83. The molecule has 2 heterocycles. The van der Waals surface area contributed by atoms with Crippen molar-refractivity contribution in [3.05, 3.63) is 42.1 Å². The Morgan fingerprint density at radius 1 is 1.44 bits per heavy atom. The van der Waals surface area contributed by atoms with Crippen LogP contribution < -0.4 is 5.73 Å². The summed E-state index contributed by atoms with van der Waals surface area (Å²) in [5.41, 5.74) is 6.76. The first kappa shape index (κ1) is 10.3. The van der Waals surface area contributed by atoms with Crippen LogP contribution >= 0.6 is 0 Å². The van der Waals surface area contributed by atoms with E-state index in [4.69, 9.17) is 11.0 Å². The van der Waals surface area contributed by atoms with Crippen molar-refractivity contribution in [3.8, 4) is 11.9 Å². The molecule has 0 amide bonds. The summed E-state index contributed by atoms with van der Waals surface area (Å²) in [4.78, 5) is 8.11. The number of nitrogens with two attached hydrogens (primary N) is 1. The highest BCUT2D eigenvalue weighted by Crippen LogP contribution is 2.13. The zero-order valence-electron chi connectivity index (χ0n) is 8.83. The van der Waals surface area contributed by atoms with E-state index in [0.29, 0.717) is 11.6 Å². The number of aromatic nitrogens is 3. The maximum atomic E-state index is 8.86. The van der Waals surface area contributed by atoms with E-state index in [1.807, 2.05) is 25.1 Å². The maximum Gasteiger partial charge on any atom is 0.218 e. The Balaban J connectivity index is 2.49. The lowest BCUT2D eigenvalue weighted by atomic mass is 10.1. The maximum absolute atomic E-state index is 8.86. The molecule has 2 rings (SSSR count). The molecular weight excluding hydrogens is 202 g/mol. The molecule has 16 heavy (non-hydrogen) atoms. The highest BCUT2D eigenvalue weighted by Gasteiger charge is 2.07. The zero-order chi connectivity index (χ0) is 11.5. The minimum absolute atomic E-state index is 0.0594. The van der Waals surface area contributed by atoms with Crippen molar-refractivity contribution >= 4 is 0 Å². The van der Waals surface area contributed by atoms with E-state index in [1.165, 1.54) is 0 Å². The summed E-state index contributed by atoms with van der Waals surface area (Å²) in [5, 5.41) is 8.86. The Morgan fingerprint density at radius 3 is 2.94 bits per heavy atom. The summed E-state index contributed by atoms with van der Waals surface area (Å²) >= 11 is 0. The molecule has 0 spiro atoms. The molecule has 0 bridgehead atoms. The molecular formula is C11H11N5. The molecule has 2 aromatic heterocycles. The second-order valence-corrected chi connectivity index (χ2v) is 3.47. The van der Waals surface area contributed by atoms with Crippen LogP contribution in [-0.4, -0.2) is 14.5 Å². The Morgan fingerprint density at radius 2 is 2.25 bits per heavy atom. The Kier molecular flexibility index (Phi) is 2.66. The van der Waals surface area contributed by atoms with Gasteiger partial charge in [-0.05, 0) is 24.6 Å². The van der Waals surface area contributed by atoms with Crippen LogP contribution in [0.15, 0.2) is 30.7 Å². The first-order valence-electron chi connectivity index (χ1n) is 4.87. The molecule has 5 heteroatoms. The van der Waals surface area contributed by atoms with Crippen molar-refractivity contribution in [2.24, 2.45) is 5.73 Å². The topological polar surface area (TPSA) is 80.5 Å². The number of pyridine rings is 1. The lowest BCUT2D eigenvalue weighted by Crippen LogP contribution is -2.07. The number of nitrogens with zero attached hydrogens (tertiary/aromatic N) is 4. The highest BCUT2D eigenvalue weighted by molar-refractivity contribution is 5.33. The second kappa shape index (κ2) is 4.13. The van der Waals surface area contributed by atoms with E-state index in [2.05, 4.69) is 9.97 Å². The van der Waals surface area contributed by atoms with E-state index >= 15 is 0 Å². The van der Waals surface area contributed by atoms with Crippen molar-refractivity contribution in [1.29, 1.82) is 5.26 Å². The van der Waals surface area contributed by atoms with Gasteiger partial charge in [0.25, 0.3) is 0 Å². The predicted molar refractivity (Wildman–Crippen MR) is 58.7 cm³/mol. The number of rotatable bonds is 2. The Hall–Kier alpha value is -2.19. The van der Waals surface area contributed by atoms with Gasteiger partial charge in [0.15, 0.2) is 0 Å². The molecule has 0 aliphatic carbocycles. The summed E-state index contributed by atoms with van der Waals surface area (Å²) < 4.78 is 1.63. The first-order chi connectivity index (χ1) is 7.72. The molecule has 0 aliphatic heterocycles. The summed E-state index contributed by atoms with van der Waals surface area (Å²) in [6.07, 6.45) is 4.94. The van der Waals surface area contributed by atoms with Crippen molar-refractivity contribution < 1.29 is 0 Å². The molecule has 0 aliphatic rings. The van der Waals surface area contributed by atoms with Crippen LogP contribution in [-0.2, 0) is 0 Å². The van der Waals surface area contributed by atoms with Crippen LogP contribution in [0.5, 0.6) is 0 Å². The van der Waals surface area contributed by atoms with Gasteiger partial charge in [-0.2, -0.15) is 5.26 Å². The van der Waals surface area contributed by atoms with Crippen LogP contribution in [0.1, 0.15) is 24.4 Å². The van der Waals surface area contributed by atoms with Crippen LogP contribution in [0.3, 0.4) is 0 Å².